The van der Waals surface area contributed by atoms with E-state index >= 15 is 0 Å². The summed E-state index contributed by atoms with van der Waals surface area (Å²) >= 11 is 0. The van der Waals surface area contributed by atoms with Gasteiger partial charge in [-0.05, 0) is 13.8 Å². The van der Waals surface area contributed by atoms with Crippen molar-refractivity contribution in [3.05, 3.63) is 11.3 Å². The summed E-state index contributed by atoms with van der Waals surface area (Å²) in [6.45, 7) is 3.40. The van der Waals surface area contributed by atoms with Crippen molar-refractivity contribution in [2.75, 3.05) is 0 Å². The fourth-order valence-corrected chi connectivity index (χ4v) is 0.979. The third-order valence-electron chi connectivity index (χ3n) is 1.64. The van der Waals surface area contributed by atoms with Crippen LogP contribution in [0.5, 0.6) is 0 Å². The topological polar surface area (TPSA) is 58.5 Å². The Morgan fingerprint density at radius 3 is 2.75 bits per heavy atom. The molecule has 0 fully saturated rings. The fraction of sp³-hybridized carbons (Fsp3) is 0.375. The number of nitrogens with one attached hydrogen (secondary N) is 1. The Kier molecular flexibility index (Phi) is 2.38. The van der Waals surface area contributed by atoms with Crippen LogP contribution in [0.25, 0.3) is 0 Å². The summed E-state index contributed by atoms with van der Waals surface area (Å²) in [5.41, 5.74) is 1.08. The number of carbonyl (C=O) groups excluding carboxylic acids is 2. The van der Waals surface area contributed by atoms with Crippen molar-refractivity contribution < 1.29 is 9.59 Å². The van der Waals surface area contributed by atoms with Crippen LogP contribution in [-0.2, 0) is 9.59 Å². The summed E-state index contributed by atoms with van der Waals surface area (Å²) in [6.07, 6.45) is 1.77. The number of imide groups is 1. The minimum atomic E-state index is -0.341. The van der Waals surface area contributed by atoms with E-state index in [2.05, 4.69) is 10.3 Å². The molecule has 1 aliphatic rings. The van der Waals surface area contributed by atoms with Crippen molar-refractivity contribution >= 4 is 18.0 Å². The molecule has 0 saturated heterocycles. The standard InChI is InChI=1S/C8H10N2O2/c1-3-9-6-4-7(11)10-8(12)5(6)2/h3H,4H2,1-2H3,(H,10,11,12). The van der Waals surface area contributed by atoms with E-state index in [1.54, 1.807) is 20.1 Å². The number of hydrogen-bond donors (Lipinski definition) is 1. The van der Waals surface area contributed by atoms with Crippen molar-refractivity contribution in [2.24, 2.45) is 4.99 Å². The van der Waals surface area contributed by atoms with Gasteiger partial charge in [-0.25, -0.2) is 0 Å². The quantitative estimate of drug-likeness (QED) is 0.452. The van der Waals surface area contributed by atoms with Gasteiger partial charge in [0.15, 0.2) is 0 Å². The maximum absolute atomic E-state index is 11.0. The first-order valence-corrected chi connectivity index (χ1v) is 3.67. The van der Waals surface area contributed by atoms with E-state index in [-0.39, 0.29) is 18.2 Å². The number of aliphatic imine (C=N–C) groups is 1. The Morgan fingerprint density at radius 2 is 2.17 bits per heavy atom. The minimum absolute atomic E-state index is 0.196. The maximum Gasteiger partial charge on any atom is 0.255 e. The van der Waals surface area contributed by atoms with Crippen LogP contribution in [0.1, 0.15) is 20.3 Å². The second-order valence-corrected chi connectivity index (χ2v) is 2.51. The number of hydrogen-bond acceptors (Lipinski definition) is 3. The predicted octanol–water partition coefficient (Wildman–Crippen LogP) is 0.398. The van der Waals surface area contributed by atoms with Crippen LogP contribution in [0.4, 0.5) is 0 Å². The number of nitrogens with zero attached hydrogens (tertiary/aromatic N) is 1. The average molecular weight is 166 g/mol. The van der Waals surface area contributed by atoms with Crippen molar-refractivity contribution in [3.8, 4) is 0 Å². The minimum Gasteiger partial charge on any atom is -0.292 e. The van der Waals surface area contributed by atoms with Crippen LogP contribution in [0.15, 0.2) is 16.3 Å². The van der Waals surface area contributed by atoms with Crippen molar-refractivity contribution in [2.45, 2.75) is 20.3 Å². The highest BCUT2D eigenvalue weighted by atomic mass is 16.2. The summed E-state index contributed by atoms with van der Waals surface area (Å²) in [5.74, 6) is -0.627. The van der Waals surface area contributed by atoms with Gasteiger partial charge in [-0.15, -0.1) is 0 Å². The van der Waals surface area contributed by atoms with Gasteiger partial charge in [-0.1, -0.05) is 0 Å². The molecule has 0 atom stereocenters. The zero-order chi connectivity index (χ0) is 9.14. The maximum atomic E-state index is 11.0. The predicted molar refractivity (Wildman–Crippen MR) is 44.6 cm³/mol. The lowest BCUT2D eigenvalue weighted by Gasteiger charge is -2.12. The molecule has 2 amide bonds. The molecule has 0 saturated carbocycles. The van der Waals surface area contributed by atoms with Gasteiger partial charge in [0.1, 0.15) is 0 Å². The number of carbonyl (C=O) groups is 2. The molecule has 1 rings (SSSR count). The van der Waals surface area contributed by atoms with Crippen molar-refractivity contribution in [1.29, 1.82) is 0 Å². The highest BCUT2D eigenvalue weighted by molar-refractivity contribution is 6.08. The van der Waals surface area contributed by atoms with Gasteiger partial charge in [-0.3, -0.25) is 19.9 Å². The van der Waals surface area contributed by atoms with Gasteiger partial charge in [0.25, 0.3) is 5.91 Å². The lowest BCUT2D eigenvalue weighted by Crippen LogP contribution is -2.35. The molecule has 0 unspecified atom stereocenters. The Balaban J connectivity index is 3.00. The Morgan fingerprint density at radius 1 is 1.50 bits per heavy atom. The molecule has 1 heterocycles. The van der Waals surface area contributed by atoms with E-state index in [0.717, 1.165) is 0 Å². The van der Waals surface area contributed by atoms with E-state index in [1.807, 2.05) is 0 Å². The molecule has 12 heavy (non-hydrogen) atoms. The first-order valence-electron chi connectivity index (χ1n) is 3.67. The van der Waals surface area contributed by atoms with E-state index < -0.39 is 0 Å². The molecule has 0 radical (unpaired) electrons. The second kappa shape index (κ2) is 3.30. The van der Waals surface area contributed by atoms with Gasteiger partial charge in [0.05, 0.1) is 12.1 Å². The summed E-state index contributed by atoms with van der Waals surface area (Å²) in [7, 11) is 0. The normalized spacial score (nSPS) is 18.8. The van der Waals surface area contributed by atoms with Crippen LogP contribution < -0.4 is 5.32 Å². The van der Waals surface area contributed by atoms with Crippen LogP contribution in [0.3, 0.4) is 0 Å². The molecule has 4 nitrogen and oxygen atoms in total. The fourth-order valence-electron chi connectivity index (χ4n) is 0.979. The zero-order valence-corrected chi connectivity index (χ0v) is 7.05. The molecule has 0 aromatic heterocycles. The molecule has 0 aromatic carbocycles. The molecular formula is C8H10N2O2. The van der Waals surface area contributed by atoms with Gasteiger partial charge in [-0.2, -0.15) is 0 Å². The van der Waals surface area contributed by atoms with E-state index in [0.29, 0.717) is 11.3 Å². The van der Waals surface area contributed by atoms with Gasteiger partial charge in [0, 0.05) is 11.8 Å². The summed E-state index contributed by atoms with van der Waals surface area (Å²) in [6, 6.07) is 0. The second-order valence-electron chi connectivity index (χ2n) is 2.51. The Hall–Kier alpha value is -1.45. The van der Waals surface area contributed by atoms with Crippen LogP contribution in [0.2, 0.25) is 0 Å². The molecule has 64 valence electrons. The van der Waals surface area contributed by atoms with E-state index in [4.69, 9.17) is 0 Å². The van der Waals surface area contributed by atoms with Crippen molar-refractivity contribution in [3.63, 3.8) is 0 Å². The van der Waals surface area contributed by atoms with Gasteiger partial charge >= 0.3 is 0 Å². The molecule has 1 aliphatic heterocycles. The lowest BCUT2D eigenvalue weighted by atomic mass is 10.1. The van der Waals surface area contributed by atoms with E-state index in [9.17, 15) is 9.59 Å². The highest BCUT2D eigenvalue weighted by Crippen LogP contribution is 2.14. The lowest BCUT2D eigenvalue weighted by molar-refractivity contribution is -0.129. The van der Waals surface area contributed by atoms with Gasteiger partial charge in [0.2, 0.25) is 5.91 Å². The molecule has 0 bridgehead atoms. The number of rotatable bonds is 1. The molecule has 0 aliphatic carbocycles. The smallest absolute Gasteiger partial charge is 0.255 e. The summed E-state index contributed by atoms with van der Waals surface area (Å²) in [4.78, 5) is 25.8. The zero-order valence-electron chi connectivity index (χ0n) is 7.05. The summed E-state index contributed by atoms with van der Waals surface area (Å²) < 4.78 is 0. The largest absolute Gasteiger partial charge is 0.292 e. The third-order valence-corrected chi connectivity index (χ3v) is 1.64. The Labute approximate surface area is 70.4 Å². The highest BCUT2D eigenvalue weighted by Gasteiger charge is 2.20. The van der Waals surface area contributed by atoms with Crippen LogP contribution in [-0.4, -0.2) is 18.0 Å². The molecular weight excluding hydrogens is 156 g/mol. The molecule has 0 spiro atoms. The van der Waals surface area contributed by atoms with E-state index in [1.165, 1.54) is 0 Å². The average Bonchev–Trinajstić information content (AvgIpc) is 2.00. The monoisotopic (exact) mass is 166 g/mol. The SMILES string of the molecule is CC=NC1=C(C)C(=O)NC(=O)C1. The Bertz CT molecular complexity index is 289. The summed E-state index contributed by atoms with van der Waals surface area (Å²) in [5, 5.41) is 2.21. The third kappa shape index (κ3) is 1.58. The van der Waals surface area contributed by atoms with Crippen molar-refractivity contribution in [1.82, 2.24) is 5.32 Å². The van der Waals surface area contributed by atoms with Gasteiger partial charge < -0.3 is 0 Å². The number of amides is 2. The first-order chi connectivity index (χ1) is 5.65. The first kappa shape index (κ1) is 8.64. The molecule has 4 heteroatoms. The van der Waals surface area contributed by atoms with Crippen LogP contribution in [0, 0.1) is 0 Å². The molecule has 0 aromatic rings. The molecule has 1 N–H and O–H groups in total. The van der Waals surface area contributed by atoms with Crippen LogP contribution >= 0.6 is 0 Å².